The summed E-state index contributed by atoms with van der Waals surface area (Å²) >= 11 is 12.5. The first-order chi connectivity index (χ1) is 12.3. The van der Waals surface area contributed by atoms with Gasteiger partial charge in [-0.3, -0.25) is 4.79 Å². The number of amides is 1. The van der Waals surface area contributed by atoms with Gasteiger partial charge in [-0.2, -0.15) is 9.38 Å². The van der Waals surface area contributed by atoms with Crippen molar-refractivity contribution in [3.63, 3.8) is 0 Å². The molecule has 1 amide bonds. The lowest BCUT2D eigenvalue weighted by Crippen LogP contribution is -2.27. The van der Waals surface area contributed by atoms with E-state index in [1.807, 2.05) is 6.07 Å². The molecule has 0 spiro atoms. The molecule has 1 fully saturated rings. The molecular formula is C18H15Cl2FN4O. The molecule has 1 aromatic heterocycles. The fraction of sp³-hybridized carbons (Fsp3) is 0.167. The summed E-state index contributed by atoms with van der Waals surface area (Å²) in [5.74, 6) is -1.14. The van der Waals surface area contributed by atoms with E-state index in [0.717, 1.165) is 0 Å². The number of nitrogens with one attached hydrogen (secondary N) is 1. The Labute approximate surface area is 159 Å². The molecule has 0 aliphatic heterocycles. The van der Waals surface area contributed by atoms with Crippen LogP contribution in [0.4, 0.5) is 10.1 Å². The first-order valence-corrected chi connectivity index (χ1v) is 8.47. The van der Waals surface area contributed by atoms with Gasteiger partial charge in [0.15, 0.2) is 0 Å². The summed E-state index contributed by atoms with van der Waals surface area (Å²) in [6.07, 6.45) is 4.42. The van der Waals surface area contributed by atoms with Crippen LogP contribution in [0.5, 0.6) is 0 Å². The summed E-state index contributed by atoms with van der Waals surface area (Å²) in [5, 5.41) is 2.81. The molecule has 3 N–H and O–H groups in total. The van der Waals surface area contributed by atoms with Crippen molar-refractivity contribution in [3.8, 4) is 0 Å². The number of nitrogens with zero attached hydrogens (tertiary/aromatic N) is 2. The van der Waals surface area contributed by atoms with Crippen LogP contribution in [0.2, 0.25) is 0 Å². The summed E-state index contributed by atoms with van der Waals surface area (Å²) in [4.78, 5) is 20.0. The third-order valence-corrected chi connectivity index (χ3v) is 4.99. The third kappa shape index (κ3) is 3.57. The van der Waals surface area contributed by atoms with Crippen LogP contribution in [0.1, 0.15) is 12.0 Å². The van der Waals surface area contributed by atoms with Crippen LogP contribution in [-0.4, -0.2) is 21.1 Å². The Kier molecular flexibility index (Phi) is 4.98. The number of hydrogen-bond acceptors (Lipinski definition) is 3. The highest BCUT2D eigenvalue weighted by Gasteiger charge is 2.72. The van der Waals surface area contributed by atoms with Crippen LogP contribution in [0.3, 0.4) is 0 Å². The molecule has 5 nitrogen and oxygen atoms in total. The maximum atomic E-state index is 13.0. The van der Waals surface area contributed by atoms with Crippen molar-refractivity contribution in [2.75, 3.05) is 5.32 Å². The maximum absolute atomic E-state index is 13.0. The van der Waals surface area contributed by atoms with E-state index < -0.39 is 21.6 Å². The standard InChI is InChI=1S/C18H15Cl2FN4O/c19-18(20)11-17(18,12-4-2-1-3-5-12)16(26)25-15(22)7-9-23-13-6-8-24-14(21)10-13/h1-10H,11H2,(H,23,24)(H2,22,25,26)/b9-7-. The first kappa shape index (κ1) is 18.4. The van der Waals surface area contributed by atoms with E-state index in [1.165, 1.54) is 24.5 Å². The van der Waals surface area contributed by atoms with E-state index in [1.54, 1.807) is 30.3 Å². The molecule has 0 saturated heterocycles. The Morgan fingerprint density at radius 2 is 2.00 bits per heavy atom. The Morgan fingerprint density at radius 1 is 1.31 bits per heavy atom. The summed E-state index contributed by atoms with van der Waals surface area (Å²) in [7, 11) is 0. The molecule has 2 aromatic rings. The van der Waals surface area contributed by atoms with Gasteiger partial charge in [-0.15, -0.1) is 23.2 Å². The van der Waals surface area contributed by atoms with Gasteiger partial charge in [0.1, 0.15) is 15.6 Å². The van der Waals surface area contributed by atoms with Gasteiger partial charge in [0, 0.05) is 30.6 Å². The van der Waals surface area contributed by atoms with E-state index in [2.05, 4.69) is 15.3 Å². The zero-order valence-electron chi connectivity index (χ0n) is 13.5. The largest absolute Gasteiger partial charge is 0.384 e. The van der Waals surface area contributed by atoms with E-state index in [-0.39, 0.29) is 12.3 Å². The molecule has 134 valence electrons. The Bertz CT molecular complexity index is 886. The van der Waals surface area contributed by atoms with E-state index in [0.29, 0.717) is 11.3 Å². The van der Waals surface area contributed by atoms with Crippen molar-refractivity contribution >= 4 is 40.6 Å². The second-order valence-electron chi connectivity index (χ2n) is 5.84. The molecule has 0 bridgehead atoms. The monoisotopic (exact) mass is 392 g/mol. The van der Waals surface area contributed by atoms with Gasteiger partial charge in [-0.25, -0.2) is 4.98 Å². The number of anilines is 1. The summed E-state index contributed by atoms with van der Waals surface area (Å²) in [6.45, 7) is 0. The van der Waals surface area contributed by atoms with Crippen molar-refractivity contribution in [1.29, 1.82) is 0 Å². The van der Waals surface area contributed by atoms with E-state index >= 15 is 0 Å². The van der Waals surface area contributed by atoms with Crippen molar-refractivity contribution in [2.24, 2.45) is 10.7 Å². The number of halogens is 3. The van der Waals surface area contributed by atoms with Gasteiger partial charge in [0.05, 0.1) is 0 Å². The summed E-state index contributed by atoms with van der Waals surface area (Å²) in [6, 6.07) is 11.8. The fourth-order valence-corrected chi connectivity index (χ4v) is 3.43. The highest BCUT2D eigenvalue weighted by Crippen LogP contribution is 2.65. The second-order valence-corrected chi connectivity index (χ2v) is 7.32. The second kappa shape index (κ2) is 7.05. The Morgan fingerprint density at radius 3 is 2.62 bits per heavy atom. The Balaban J connectivity index is 1.74. The molecule has 1 atom stereocenters. The topological polar surface area (TPSA) is 80.4 Å². The molecule has 1 aliphatic carbocycles. The molecule has 0 radical (unpaired) electrons. The van der Waals surface area contributed by atoms with Gasteiger partial charge in [0.2, 0.25) is 5.95 Å². The molecule has 1 heterocycles. The molecule has 1 aliphatic rings. The number of aromatic nitrogens is 1. The predicted molar refractivity (Wildman–Crippen MR) is 101 cm³/mol. The van der Waals surface area contributed by atoms with Crippen LogP contribution < -0.4 is 11.1 Å². The minimum Gasteiger partial charge on any atom is -0.384 e. The average Bonchev–Trinajstić information content (AvgIpc) is 3.20. The Hall–Kier alpha value is -2.44. The van der Waals surface area contributed by atoms with Gasteiger partial charge in [-0.1, -0.05) is 30.3 Å². The van der Waals surface area contributed by atoms with Crippen LogP contribution in [0.25, 0.3) is 0 Å². The number of pyridine rings is 1. The summed E-state index contributed by atoms with van der Waals surface area (Å²) in [5.41, 5.74) is 5.87. The highest BCUT2D eigenvalue weighted by atomic mass is 35.5. The zero-order chi connectivity index (χ0) is 18.8. The van der Waals surface area contributed by atoms with Gasteiger partial charge in [0.25, 0.3) is 5.91 Å². The maximum Gasteiger partial charge on any atom is 0.261 e. The molecule has 1 unspecified atom stereocenters. The van der Waals surface area contributed by atoms with Crippen molar-refractivity contribution in [1.82, 2.24) is 4.98 Å². The SMILES string of the molecule is NC(/C=C\Nc1ccnc(F)c1)=NC(=O)C1(c2ccccc2)CC1(Cl)Cl. The number of alkyl halides is 2. The number of hydrogen-bond donors (Lipinski definition) is 2. The molecule has 1 saturated carbocycles. The summed E-state index contributed by atoms with van der Waals surface area (Å²) < 4.78 is 11.8. The molecule has 1 aromatic carbocycles. The van der Waals surface area contributed by atoms with Crippen LogP contribution >= 0.6 is 23.2 Å². The number of amidine groups is 1. The quantitative estimate of drug-likeness (QED) is 0.353. The number of nitrogens with two attached hydrogens (primary N) is 1. The van der Waals surface area contributed by atoms with E-state index in [4.69, 9.17) is 28.9 Å². The number of rotatable bonds is 5. The molecule has 3 rings (SSSR count). The number of aliphatic imine (C=N–C) groups is 1. The number of benzene rings is 1. The predicted octanol–water partition coefficient (Wildman–Crippen LogP) is 3.55. The number of carbonyl (C=O) groups excluding carboxylic acids is 1. The molecule has 8 heteroatoms. The van der Waals surface area contributed by atoms with Crippen molar-refractivity contribution in [3.05, 3.63) is 72.4 Å². The third-order valence-electron chi connectivity index (χ3n) is 4.08. The van der Waals surface area contributed by atoms with Gasteiger partial charge >= 0.3 is 0 Å². The minimum atomic E-state index is -1.22. The van der Waals surface area contributed by atoms with Gasteiger partial charge < -0.3 is 11.1 Å². The molecule has 26 heavy (non-hydrogen) atoms. The fourth-order valence-electron chi connectivity index (χ4n) is 2.65. The highest BCUT2D eigenvalue weighted by molar-refractivity contribution is 6.54. The lowest BCUT2D eigenvalue weighted by molar-refractivity contribution is -0.120. The minimum absolute atomic E-state index is 0.0247. The van der Waals surface area contributed by atoms with Crippen molar-refractivity contribution in [2.45, 2.75) is 16.2 Å². The lowest BCUT2D eigenvalue weighted by Gasteiger charge is -2.14. The lowest BCUT2D eigenvalue weighted by atomic mass is 9.95. The smallest absolute Gasteiger partial charge is 0.261 e. The average molecular weight is 393 g/mol. The van der Waals surface area contributed by atoms with E-state index in [9.17, 15) is 9.18 Å². The van der Waals surface area contributed by atoms with Crippen LogP contribution in [-0.2, 0) is 10.2 Å². The van der Waals surface area contributed by atoms with Crippen molar-refractivity contribution < 1.29 is 9.18 Å². The normalized spacial score (nSPS) is 21.6. The first-order valence-electron chi connectivity index (χ1n) is 7.72. The zero-order valence-corrected chi connectivity index (χ0v) is 15.0. The van der Waals surface area contributed by atoms with Gasteiger partial charge in [-0.05, 0) is 17.7 Å². The number of carbonyl (C=O) groups is 1. The van der Waals surface area contributed by atoms with Crippen LogP contribution in [0.15, 0.2) is 65.9 Å². The molecular weight excluding hydrogens is 378 g/mol. The van der Waals surface area contributed by atoms with Crippen LogP contribution in [0, 0.1) is 5.95 Å².